The summed E-state index contributed by atoms with van der Waals surface area (Å²) in [4.78, 5) is 34.1. The van der Waals surface area contributed by atoms with Gasteiger partial charge < -0.3 is 5.32 Å². The number of amides is 3. The Labute approximate surface area is 96.2 Å². The lowest BCUT2D eigenvalue weighted by Gasteiger charge is -2.14. The largest absolute Gasteiger partial charge is 0.329 e. The van der Waals surface area contributed by atoms with Crippen LogP contribution in [0.25, 0.3) is 0 Å². The van der Waals surface area contributed by atoms with Gasteiger partial charge in [-0.1, -0.05) is 6.07 Å². The van der Waals surface area contributed by atoms with Gasteiger partial charge >= 0.3 is 6.03 Å². The van der Waals surface area contributed by atoms with E-state index in [1.54, 1.807) is 0 Å². The number of carbonyl (C=O) groups is 2. The van der Waals surface area contributed by atoms with Crippen LogP contribution in [0.1, 0.15) is 5.56 Å². The van der Waals surface area contributed by atoms with Crippen molar-refractivity contribution < 1.29 is 14.5 Å². The summed E-state index contributed by atoms with van der Waals surface area (Å²) in [5.74, 6) is -0.418. The fourth-order valence-electron chi connectivity index (χ4n) is 1.72. The van der Waals surface area contributed by atoms with Crippen molar-refractivity contribution in [2.24, 2.45) is 0 Å². The fourth-order valence-corrected chi connectivity index (χ4v) is 1.72. The third-order valence-corrected chi connectivity index (χ3v) is 2.56. The van der Waals surface area contributed by atoms with E-state index in [1.807, 2.05) is 0 Å². The lowest BCUT2D eigenvalue weighted by molar-refractivity contribution is -0.385. The molecule has 0 saturated carbocycles. The molecule has 1 heterocycles. The van der Waals surface area contributed by atoms with Crippen molar-refractivity contribution >= 4 is 23.3 Å². The van der Waals surface area contributed by atoms with E-state index in [4.69, 9.17) is 0 Å². The standard InChI is InChI=1S/C10H9N3O4/c1-6-7(3-2-4-8(6)13(16)17)12-9(14)5-11-10(12)15/h2-4H,5H2,1H3,(H,11,15). The Morgan fingerprint density at radius 3 is 2.65 bits per heavy atom. The molecule has 0 spiro atoms. The number of imide groups is 1. The number of hydrogen-bond acceptors (Lipinski definition) is 4. The molecular formula is C10H9N3O4. The summed E-state index contributed by atoms with van der Waals surface area (Å²) in [5.41, 5.74) is 0.428. The van der Waals surface area contributed by atoms with Crippen molar-refractivity contribution in [2.45, 2.75) is 6.92 Å². The molecule has 0 radical (unpaired) electrons. The highest BCUT2D eigenvalue weighted by Gasteiger charge is 2.32. The zero-order chi connectivity index (χ0) is 12.6. The molecule has 17 heavy (non-hydrogen) atoms. The predicted octanol–water partition coefficient (Wildman–Crippen LogP) is 0.959. The second-order valence-electron chi connectivity index (χ2n) is 3.57. The number of carbonyl (C=O) groups excluding carboxylic acids is 2. The Balaban J connectivity index is 2.53. The molecule has 0 aliphatic carbocycles. The number of urea groups is 1. The van der Waals surface area contributed by atoms with Crippen LogP contribution < -0.4 is 10.2 Å². The molecular weight excluding hydrogens is 226 g/mol. The van der Waals surface area contributed by atoms with Crippen molar-refractivity contribution in [3.05, 3.63) is 33.9 Å². The molecule has 0 atom stereocenters. The molecule has 1 aromatic carbocycles. The molecule has 88 valence electrons. The number of hydrogen-bond donors (Lipinski definition) is 1. The zero-order valence-electron chi connectivity index (χ0n) is 8.97. The molecule has 1 fully saturated rings. The Morgan fingerprint density at radius 2 is 2.12 bits per heavy atom. The first kappa shape index (κ1) is 11.1. The predicted molar refractivity (Wildman–Crippen MR) is 58.7 cm³/mol. The van der Waals surface area contributed by atoms with Crippen LogP contribution in [-0.2, 0) is 4.79 Å². The topological polar surface area (TPSA) is 92.6 Å². The van der Waals surface area contributed by atoms with E-state index in [0.717, 1.165) is 4.90 Å². The summed E-state index contributed by atoms with van der Waals surface area (Å²) in [6.07, 6.45) is 0. The van der Waals surface area contributed by atoms with Crippen LogP contribution in [0.2, 0.25) is 0 Å². The van der Waals surface area contributed by atoms with Crippen LogP contribution in [0, 0.1) is 17.0 Å². The number of rotatable bonds is 2. The van der Waals surface area contributed by atoms with Gasteiger partial charge in [0.25, 0.3) is 11.6 Å². The quantitative estimate of drug-likeness (QED) is 0.469. The number of benzene rings is 1. The average Bonchev–Trinajstić information content (AvgIpc) is 2.59. The van der Waals surface area contributed by atoms with E-state index in [0.29, 0.717) is 5.56 Å². The minimum absolute atomic E-state index is 0.0824. The minimum Gasteiger partial charge on any atom is -0.328 e. The minimum atomic E-state index is -0.557. The first-order valence-corrected chi connectivity index (χ1v) is 4.87. The third-order valence-electron chi connectivity index (χ3n) is 2.56. The van der Waals surface area contributed by atoms with Gasteiger partial charge in [-0.3, -0.25) is 14.9 Å². The lowest BCUT2D eigenvalue weighted by atomic mass is 10.1. The van der Waals surface area contributed by atoms with Gasteiger partial charge in [-0.2, -0.15) is 0 Å². The van der Waals surface area contributed by atoms with Crippen molar-refractivity contribution in [3.63, 3.8) is 0 Å². The average molecular weight is 235 g/mol. The Kier molecular flexibility index (Phi) is 2.51. The van der Waals surface area contributed by atoms with Crippen LogP contribution >= 0.6 is 0 Å². The summed E-state index contributed by atoms with van der Waals surface area (Å²) >= 11 is 0. The third kappa shape index (κ3) is 1.71. The highest BCUT2D eigenvalue weighted by atomic mass is 16.6. The molecule has 1 saturated heterocycles. The monoisotopic (exact) mass is 235 g/mol. The van der Waals surface area contributed by atoms with Gasteiger partial charge in [0.15, 0.2) is 0 Å². The van der Waals surface area contributed by atoms with Crippen LogP contribution in [0.4, 0.5) is 16.2 Å². The molecule has 1 aliphatic rings. The van der Waals surface area contributed by atoms with E-state index in [9.17, 15) is 19.7 Å². The molecule has 3 amide bonds. The maximum Gasteiger partial charge on any atom is 0.329 e. The maximum atomic E-state index is 11.5. The molecule has 0 bridgehead atoms. The van der Waals surface area contributed by atoms with E-state index in [2.05, 4.69) is 5.32 Å². The second-order valence-corrected chi connectivity index (χ2v) is 3.57. The van der Waals surface area contributed by atoms with Crippen LogP contribution in [0.15, 0.2) is 18.2 Å². The highest BCUT2D eigenvalue weighted by Crippen LogP contribution is 2.29. The van der Waals surface area contributed by atoms with Crippen LogP contribution in [0.3, 0.4) is 0 Å². The smallest absolute Gasteiger partial charge is 0.328 e. The van der Waals surface area contributed by atoms with Crippen LogP contribution in [-0.4, -0.2) is 23.4 Å². The molecule has 7 heteroatoms. The van der Waals surface area contributed by atoms with Crippen molar-refractivity contribution in [3.8, 4) is 0 Å². The van der Waals surface area contributed by atoms with E-state index >= 15 is 0 Å². The first-order chi connectivity index (χ1) is 8.02. The summed E-state index contributed by atoms with van der Waals surface area (Å²) in [5, 5.41) is 13.1. The molecule has 7 nitrogen and oxygen atoms in total. The van der Waals surface area contributed by atoms with Gasteiger partial charge in [0.1, 0.15) is 0 Å². The van der Waals surface area contributed by atoms with Gasteiger partial charge in [0, 0.05) is 6.07 Å². The molecule has 1 aliphatic heterocycles. The Hall–Kier alpha value is -2.44. The Morgan fingerprint density at radius 1 is 1.41 bits per heavy atom. The summed E-state index contributed by atoms with van der Waals surface area (Å²) in [7, 11) is 0. The molecule has 1 aromatic rings. The highest BCUT2D eigenvalue weighted by molar-refractivity contribution is 6.20. The SMILES string of the molecule is Cc1c(N2C(=O)CNC2=O)cccc1[N+](=O)[O-]. The summed E-state index contributed by atoms with van der Waals surface area (Å²) in [6, 6.07) is 3.72. The normalized spacial score (nSPS) is 15.0. The molecule has 0 unspecified atom stereocenters. The zero-order valence-corrected chi connectivity index (χ0v) is 8.97. The van der Waals surface area contributed by atoms with E-state index < -0.39 is 16.9 Å². The van der Waals surface area contributed by atoms with Crippen molar-refractivity contribution in [1.82, 2.24) is 5.32 Å². The number of anilines is 1. The van der Waals surface area contributed by atoms with Gasteiger partial charge in [0.2, 0.25) is 0 Å². The van der Waals surface area contributed by atoms with Crippen LogP contribution in [0.5, 0.6) is 0 Å². The molecule has 1 N–H and O–H groups in total. The first-order valence-electron chi connectivity index (χ1n) is 4.87. The van der Waals surface area contributed by atoms with Crippen molar-refractivity contribution in [1.29, 1.82) is 0 Å². The van der Waals surface area contributed by atoms with E-state index in [-0.39, 0.29) is 17.9 Å². The number of nitrogens with one attached hydrogen (secondary N) is 1. The van der Waals surface area contributed by atoms with Crippen molar-refractivity contribution in [2.75, 3.05) is 11.4 Å². The maximum absolute atomic E-state index is 11.5. The van der Waals surface area contributed by atoms with Gasteiger partial charge in [0.05, 0.1) is 22.7 Å². The number of nitrogens with zero attached hydrogens (tertiary/aromatic N) is 2. The molecule has 2 rings (SSSR count). The second kappa shape index (κ2) is 3.85. The number of nitro groups is 1. The van der Waals surface area contributed by atoms with Gasteiger partial charge in [-0.25, -0.2) is 9.69 Å². The Bertz CT molecular complexity index is 510. The molecule has 0 aromatic heterocycles. The van der Waals surface area contributed by atoms with E-state index in [1.165, 1.54) is 25.1 Å². The fraction of sp³-hybridized carbons (Fsp3) is 0.200. The van der Waals surface area contributed by atoms with Gasteiger partial charge in [-0.15, -0.1) is 0 Å². The van der Waals surface area contributed by atoms with Gasteiger partial charge in [-0.05, 0) is 13.0 Å². The summed E-state index contributed by atoms with van der Waals surface area (Å²) in [6.45, 7) is 1.42. The lowest BCUT2D eigenvalue weighted by Crippen LogP contribution is -2.31. The summed E-state index contributed by atoms with van der Waals surface area (Å²) < 4.78 is 0. The number of nitro benzene ring substituents is 1.